The molecule has 0 N–H and O–H groups in total. The number of hydrogen-bond acceptors (Lipinski definition) is 5. The Morgan fingerprint density at radius 2 is 1.95 bits per heavy atom. The van der Waals surface area contributed by atoms with Crippen molar-refractivity contribution >= 4 is 17.7 Å². The minimum absolute atomic E-state index is 0.235. The van der Waals surface area contributed by atoms with Gasteiger partial charge in [0.05, 0.1) is 12.4 Å². The number of esters is 1. The third kappa shape index (κ3) is 3.85. The number of carbonyl (C=O) groups is 1. The number of carbonyl (C=O) groups excluding carboxylic acids is 1. The van der Waals surface area contributed by atoms with Gasteiger partial charge in [-0.25, -0.2) is 0 Å². The lowest BCUT2D eigenvalue weighted by Crippen LogP contribution is -2.08. The molecule has 0 spiro atoms. The zero-order chi connectivity index (χ0) is 15.2. The van der Waals surface area contributed by atoms with Crippen LogP contribution in [0.3, 0.4) is 0 Å². The van der Waals surface area contributed by atoms with E-state index in [0.29, 0.717) is 11.8 Å². The van der Waals surface area contributed by atoms with Gasteiger partial charge in [-0.05, 0) is 38.0 Å². The summed E-state index contributed by atoms with van der Waals surface area (Å²) in [5.74, 6) is 0.792. The third-order valence-corrected chi connectivity index (χ3v) is 3.92. The van der Waals surface area contributed by atoms with Gasteiger partial charge in [-0.3, -0.25) is 9.36 Å². The van der Waals surface area contributed by atoms with Crippen molar-refractivity contribution in [2.75, 3.05) is 12.4 Å². The number of thioether (sulfide) groups is 1. The first kappa shape index (κ1) is 15.6. The molecule has 0 fully saturated rings. The van der Waals surface area contributed by atoms with Crippen LogP contribution in [-0.4, -0.2) is 33.1 Å². The summed E-state index contributed by atoms with van der Waals surface area (Å²) in [7, 11) is 0. The Balaban J connectivity index is 2.19. The van der Waals surface area contributed by atoms with Crippen LogP contribution in [0, 0.1) is 6.92 Å². The lowest BCUT2D eigenvalue weighted by Gasteiger charge is -2.09. The van der Waals surface area contributed by atoms with Crippen LogP contribution in [0.25, 0.3) is 5.69 Å². The Morgan fingerprint density at radius 3 is 2.57 bits per heavy atom. The van der Waals surface area contributed by atoms with E-state index in [1.807, 2.05) is 23.6 Å². The van der Waals surface area contributed by atoms with E-state index >= 15 is 0 Å². The van der Waals surface area contributed by atoms with Crippen molar-refractivity contribution in [3.05, 3.63) is 35.7 Å². The molecule has 0 bridgehead atoms. The van der Waals surface area contributed by atoms with E-state index in [4.69, 9.17) is 4.74 Å². The highest BCUT2D eigenvalue weighted by Gasteiger charge is 2.13. The summed E-state index contributed by atoms with van der Waals surface area (Å²) in [6.45, 7) is 6.21. The Kier molecular flexibility index (Phi) is 5.38. The molecule has 0 unspecified atom stereocenters. The maximum absolute atomic E-state index is 11.5. The van der Waals surface area contributed by atoms with Crippen LogP contribution in [0.5, 0.6) is 0 Å². The van der Waals surface area contributed by atoms with Gasteiger partial charge < -0.3 is 4.74 Å². The lowest BCUT2D eigenvalue weighted by molar-refractivity contribution is -0.139. The molecule has 0 saturated carbocycles. The SMILES string of the molecule is CCOC(=O)CSc1nnc(C)n1-c1ccc(CC)cc1. The molecule has 0 aliphatic rings. The van der Waals surface area contributed by atoms with Gasteiger partial charge in [0.15, 0.2) is 5.16 Å². The van der Waals surface area contributed by atoms with Crippen LogP contribution in [-0.2, 0) is 16.0 Å². The second kappa shape index (κ2) is 7.26. The van der Waals surface area contributed by atoms with Gasteiger partial charge in [0.25, 0.3) is 0 Å². The smallest absolute Gasteiger partial charge is 0.316 e. The molecule has 0 atom stereocenters. The second-order valence-corrected chi connectivity index (χ2v) is 5.42. The number of aromatic nitrogens is 3. The molecule has 1 aromatic heterocycles. The molecule has 0 saturated heterocycles. The predicted octanol–water partition coefficient (Wildman–Crippen LogP) is 2.79. The Morgan fingerprint density at radius 1 is 1.24 bits per heavy atom. The molecule has 1 heterocycles. The van der Waals surface area contributed by atoms with Gasteiger partial charge in [0, 0.05) is 5.69 Å². The quantitative estimate of drug-likeness (QED) is 0.607. The number of aryl methyl sites for hydroxylation is 2. The summed E-state index contributed by atoms with van der Waals surface area (Å²) < 4.78 is 6.88. The first-order chi connectivity index (χ1) is 10.2. The molecule has 0 amide bonds. The van der Waals surface area contributed by atoms with Crippen molar-refractivity contribution in [2.45, 2.75) is 32.3 Å². The third-order valence-electron chi connectivity index (χ3n) is 3.02. The normalized spacial score (nSPS) is 10.6. The molecule has 2 rings (SSSR count). The molecular formula is C15H19N3O2S. The fourth-order valence-corrected chi connectivity index (χ4v) is 2.74. The largest absolute Gasteiger partial charge is 0.465 e. The second-order valence-electron chi connectivity index (χ2n) is 4.48. The van der Waals surface area contributed by atoms with Crippen LogP contribution < -0.4 is 0 Å². The summed E-state index contributed by atoms with van der Waals surface area (Å²) in [5.41, 5.74) is 2.28. The molecule has 2 aromatic rings. The van der Waals surface area contributed by atoms with Crippen molar-refractivity contribution in [1.82, 2.24) is 14.8 Å². The van der Waals surface area contributed by atoms with E-state index in [-0.39, 0.29) is 11.7 Å². The molecule has 112 valence electrons. The molecule has 0 radical (unpaired) electrons. The highest BCUT2D eigenvalue weighted by atomic mass is 32.2. The summed E-state index contributed by atoms with van der Waals surface area (Å²) in [5, 5.41) is 8.93. The minimum Gasteiger partial charge on any atom is -0.465 e. The monoisotopic (exact) mass is 305 g/mol. The van der Waals surface area contributed by atoms with E-state index in [0.717, 1.165) is 17.9 Å². The van der Waals surface area contributed by atoms with Gasteiger partial charge in [-0.2, -0.15) is 0 Å². The van der Waals surface area contributed by atoms with E-state index in [1.165, 1.54) is 17.3 Å². The van der Waals surface area contributed by atoms with Gasteiger partial charge in [-0.15, -0.1) is 10.2 Å². The Labute approximate surface area is 128 Å². The summed E-state index contributed by atoms with van der Waals surface area (Å²) in [6, 6.07) is 8.27. The van der Waals surface area contributed by atoms with Crippen molar-refractivity contribution in [3.8, 4) is 5.69 Å². The first-order valence-corrected chi connectivity index (χ1v) is 7.94. The average Bonchev–Trinajstić information content (AvgIpc) is 2.86. The number of hydrogen-bond donors (Lipinski definition) is 0. The summed E-state index contributed by atoms with van der Waals surface area (Å²) in [4.78, 5) is 11.5. The van der Waals surface area contributed by atoms with Crippen molar-refractivity contribution in [3.63, 3.8) is 0 Å². The standard InChI is InChI=1S/C15H19N3O2S/c1-4-12-6-8-13(9-7-12)18-11(3)16-17-15(18)21-10-14(19)20-5-2/h6-9H,4-5,10H2,1-3H3. The van der Waals surface area contributed by atoms with E-state index in [1.54, 1.807) is 6.92 Å². The van der Waals surface area contributed by atoms with Crippen molar-refractivity contribution in [1.29, 1.82) is 0 Å². The highest BCUT2D eigenvalue weighted by Crippen LogP contribution is 2.22. The van der Waals surface area contributed by atoms with Crippen molar-refractivity contribution in [2.24, 2.45) is 0 Å². The fourth-order valence-electron chi connectivity index (χ4n) is 1.94. The maximum Gasteiger partial charge on any atom is 0.316 e. The first-order valence-electron chi connectivity index (χ1n) is 6.95. The number of benzene rings is 1. The van der Waals surface area contributed by atoms with E-state index < -0.39 is 0 Å². The molecule has 0 aliphatic carbocycles. The number of rotatable bonds is 6. The summed E-state index contributed by atoms with van der Waals surface area (Å²) >= 11 is 1.34. The fraction of sp³-hybridized carbons (Fsp3) is 0.400. The predicted molar refractivity (Wildman–Crippen MR) is 82.8 cm³/mol. The highest BCUT2D eigenvalue weighted by molar-refractivity contribution is 7.99. The Hall–Kier alpha value is -1.82. The van der Waals surface area contributed by atoms with Crippen LogP contribution in [0.15, 0.2) is 29.4 Å². The maximum atomic E-state index is 11.5. The van der Waals surface area contributed by atoms with Gasteiger partial charge in [-0.1, -0.05) is 30.8 Å². The summed E-state index contributed by atoms with van der Waals surface area (Å²) in [6.07, 6.45) is 1.01. The Bertz CT molecular complexity index is 608. The topological polar surface area (TPSA) is 57.0 Å². The molecular weight excluding hydrogens is 286 g/mol. The van der Waals surface area contributed by atoms with Gasteiger partial charge in [0.2, 0.25) is 0 Å². The molecule has 21 heavy (non-hydrogen) atoms. The van der Waals surface area contributed by atoms with Crippen molar-refractivity contribution < 1.29 is 9.53 Å². The molecule has 1 aromatic carbocycles. The van der Waals surface area contributed by atoms with E-state index in [2.05, 4.69) is 29.3 Å². The average molecular weight is 305 g/mol. The zero-order valence-electron chi connectivity index (χ0n) is 12.5. The number of ether oxygens (including phenoxy) is 1. The minimum atomic E-state index is -0.240. The van der Waals surface area contributed by atoms with Crippen LogP contribution in [0.2, 0.25) is 0 Å². The molecule has 0 aliphatic heterocycles. The van der Waals surface area contributed by atoms with Crippen LogP contribution in [0.1, 0.15) is 25.2 Å². The van der Waals surface area contributed by atoms with Crippen LogP contribution in [0.4, 0.5) is 0 Å². The molecule has 5 nitrogen and oxygen atoms in total. The lowest BCUT2D eigenvalue weighted by atomic mass is 10.1. The number of nitrogens with zero attached hydrogens (tertiary/aromatic N) is 3. The molecule has 6 heteroatoms. The van der Waals surface area contributed by atoms with Gasteiger partial charge in [0.1, 0.15) is 5.82 Å². The van der Waals surface area contributed by atoms with Gasteiger partial charge >= 0.3 is 5.97 Å². The van der Waals surface area contributed by atoms with E-state index in [9.17, 15) is 4.79 Å². The zero-order valence-corrected chi connectivity index (χ0v) is 13.3. The van der Waals surface area contributed by atoms with Crippen LogP contribution >= 0.6 is 11.8 Å².